The minimum Gasteiger partial charge on any atom is -0.372 e. The van der Waals surface area contributed by atoms with E-state index < -0.39 is 0 Å². The van der Waals surface area contributed by atoms with Crippen molar-refractivity contribution in [3.63, 3.8) is 0 Å². The van der Waals surface area contributed by atoms with E-state index >= 15 is 0 Å². The molecule has 0 bridgehead atoms. The van der Waals surface area contributed by atoms with E-state index in [2.05, 4.69) is 47.6 Å². The number of benzene rings is 2. The van der Waals surface area contributed by atoms with Crippen molar-refractivity contribution in [1.29, 1.82) is 5.26 Å². The maximum atomic E-state index is 12.6. The number of nitrogens with one attached hydrogen (secondary N) is 2. The first-order chi connectivity index (χ1) is 15.0. The largest absolute Gasteiger partial charge is 0.372 e. The van der Waals surface area contributed by atoms with Crippen molar-refractivity contribution in [1.82, 2.24) is 5.32 Å². The molecule has 5 nitrogen and oxygen atoms in total. The minimum absolute atomic E-state index is 0.0534. The molecule has 1 amide bonds. The van der Waals surface area contributed by atoms with Gasteiger partial charge in [0.25, 0.3) is 5.91 Å². The second kappa shape index (κ2) is 10.7. The second-order valence-electron chi connectivity index (χ2n) is 7.96. The van der Waals surface area contributed by atoms with Gasteiger partial charge in [0.05, 0.1) is 6.04 Å². The Bertz CT molecular complexity index is 968. The van der Waals surface area contributed by atoms with Gasteiger partial charge in [0, 0.05) is 30.7 Å². The molecule has 1 aliphatic carbocycles. The van der Waals surface area contributed by atoms with Crippen LogP contribution in [0.2, 0.25) is 0 Å². The van der Waals surface area contributed by atoms with Crippen molar-refractivity contribution in [2.75, 3.05) is 23.3 Å². The predicted octanol–water partition coefficient (Wildman–Crippen LogP) is 5.11. The number of nitrogens with zero attached hydrogens (tertiary/aromatic N) is 2. The molecule has 2 N–H and O–H groups in total. The van der Waals surface area contributed by atoms with Crippen LogP contribution in [0, 0.1) is 11.3 Å². The highest BCUT2D eigenvalue weighted by molar-refractivity contribution is 5.97. The lowest BCUT2D eigenvalue weighted by molar-refractivity contribution is -0.117. The summed E-state index contributed by atoms with van der Waals surface area (Å²) in [6.07, 6.45) is 6.19. The topological polar surface area (TPSA) is 68.2 Å². The van der Waals surface area contributed by atoms with Crippen molar-refractivity contribution in [3.8, 4) is 6.07 Å². The van der Waals surface area contributed by atoms with Crippen LogP contribution in [0.3, 0.4) is 0 Å². The standard InChI is InChI=1S/C26H32N4O/c1-4-30(5-2)25-14-12-24(13-15-25)28-18-23(17-27)26(31)29-19(3)21-11-10-20-8-6-7-9-22(20)16-21/h10-16,18-19,28H,4-9H2,1-3H3,(H,29,31)/b23-18-. The van der Waals surface area contributed by atoms with E-state index in [1.54, 1.807) is 0 Å². The van der Waals surface area contributed by atoms with Crippen LogP contribution in [0.15, 0.2) is 54.2 Å². The van der Waals surface area contributed by atoms with Gasteiger partial charge in [-0.15, -0.1) is 0 Å². The summed E-state index contributed by atoms with van der Waals surface area (Å²) < 4.78 is 0. The number of nitriles is 1. The Morgan fingerprint density at radius 1 is 1.10 bits per heavy atom. The molecule has 31 heavy (non-hydrogen) atoms. The molecule has 0 spiro atoms. The van der Waals surface area contributed by atoms with Crippen LogP contribution in [-0.4, -0.2) is 19.0 Å². The highest BCUT2D eigenvalue weighted by Crippen LogP contribution is 2.25. The first kappa shape index (κ1) is 22.4. The average molecular weight is 417 g/mol. The van der Waals surface area contributed by atoms with E-state index in [4.69, 9.17) is 0 Å². The predicted molar refractivity (Wildman–Crippen MR) is 127 cm³/mol. The van der Waals surface area contributed by atoms with Gasteiger partial charge in [0.1, 0.15) is 11.6 Å². The summed E-state index contributed by atoms with van der Waals surface area (Å²) in [5, 5.41) is 15.5. The van der Waals surface area contributed by atoms with Crippen LogP contribution in [0.5, 0.6) is 0 Å². The van der Waals surface area contributed by atoms with E-state index in [1.807, 2.05) is 37.3 Å². The van der Waals surface area contributed by atoms with Gasteiger partial charge in [0.2, 0.25) is 0 Å². The maximum absolute atomic E-state index is 12.6. The number of rotatable bonds is 8. The smallest absolute Gasteiger partial charge is 0.263 e. The van der Waals surface area contributed by atoms with Crippen LogP contribution in [-0.2, 0) is 17.6 Å². The van der Waals surface area contributed by atoms with E-state index in [0.29, 0.717) is 0 Å². The fourth-order valence-electron chi connectivity index (χ4n) is 4.04. The number of carbonyl (C=O) groups excluding carboxylic acids is 1. The average Bonchev–Trinajstić information content (AvgIpc) is 2.80. The third kappa shape index (κ3) is 5.67. The zero-order valence-electron chi connectivity index (χ0n) is 18.7. The molecule has 162 valence electrons. The van der Waals surface area contributed by atoms with Crippen LogP contribution in [0.25, 0.3) is 0 Å². The van der Waals surface area contributed by atoms with Gasteiger partial charge in [-0.2, -0.15) is 5.26 Å². The first-order valence-corrected chi connectivity index (χ1v) is 11.2. The molecule has 0 fully saturated rings. The molecule has 0 heterocycles. The van der Waals surface area contributed by atoms with Crippen LogP contribution in [0.4, 0.5) is 11.4 Å². The molecule has 2 aromatic rings. The number of hydrogen-bond donors (Lipinski definition) is 2. The fraction of sp³-hybridized carbons (Fsp3) is 0.385. The Hall–Kier alpha value is -3.26. The van der Waals surface area contributed by atoms with Crippen molar-refractivity contribution in [3.05, 3.63) is 70.9 Å². The Morgan fingerprint density at radius 3 is 2.42 bits per heavy atom. The van der Waals surface area contributed by atoms with Gasteiger partial charge >= 0.3 is 0 Å². The molecule has 1 unspecified atom stereocenters. The maximum Gasteiger partial charge on any atom is 0.263 e. The summed E-state index contributed by atoms with van der Waals surface area (Å²) in [5.74, 6) is -0.375. The molecule has 0 saturated heterocycles. The summed E-state index contributed by atoms with van der Waals surface area (Å²) in [6, 6.07) is 16.3. The zero-order chi connectivity index (χ0) is 22.2. The highest BCUT2D eigenvalue weighted by atomic mass is 16.1. The Kier molecular flexibility index (Phi) is 7.72. The number of fused-ring (bicyclic) bond motifs is 1. The molecular formula is C26H32N4O. The van der Waals surface area contributed by atoms with E-state index in [1.165, 1.54) is 30.2 Å². The molecule has 0 radical (unpaired) electrons. The monoisotopic (exact) mass is 416 g/mol. The van der Waals surface area contributed by atoms with E-state index in [9.17, 15) is 10.1 Å². The van der Waals surface area contributed by atoms with Crippen molar-refractivity contribution in [2.24, 2.45) is 0 Å². The molecule has 1 aliphatic rings. The quantitative estimate of drug-likeness (QED) is 0.464. The van der Waals surface area contributed by atoms with Crippen LogP contribution in [0.1, 0.15) is 56.3 Å². The molecule has 3 rings (SSSR count). The minimum atomic E-state index is -0.375. The van der Waals surface area contributed by atoms with Gasteiger partial charge in [0.15, 0.2) is 0 Å². The van der Waals surface area contributed by atoms with Gasteiger partial charge in [-0.05, 0) is 87.4 Å². The molecule has 1 atom stereocenters. The van der Waals surface area contributed by atoms with Gasteiger partial charge in [-0.3, -0.25) is 4.79 Å². The van der Waals surface area contributed by atoms with Crippen LogP contribution >= 0.6 is 0 Å². The Labute approximate surface area is 185 Å². The molecular weight excluding hydrogens is 384 g/mol. The molecule has 0 aliphatic heterocycles. The van der Waals surface area contributed by atoms with E-state index in [0.717, 1.165) is 42.9 Å². The number of aryl methyl sites for hydroxylation is 2. The van der Waals surface area contributed by atoms with Crippen molar-refractivity contribution >= 4 is 17.3 Å². The van der Waals surface area contributed by atoms with Crippen LogP contribution < -0.4 is 15.5 Å². The lowest BCUT2D eigenvalue weighted by atomic mass is 9.89. The summed E-state index contributed by atoms with van der Waals surface area (Å²) in [5.41, 5.74) is 5.91. The van der Waals surface area contributed by atoms with E-state index in [-0.39, 0.29) is 17.5 Å². The molecule has 5 heteroatoms. The lowest BCUT2D eigenvalue weighted by Crippen LogP contribution is -2.28. The van der Waals surface area contributed by atoms with Gasteiger partial charge in [-0.1, -0.05) is 18.2 Å². The molecule has 2 aromatic carbocycles. The summed E-state index contributed by atoms with van der Waals surface area (Å²) in [7, 11) is 0. The summed E-state index contributed by atoms with van der Waals surface area (Å²) in [6.45, 7) is 8.11. The van der Waals surface area contributed by atoms with Crippen molar-refractivity contribution in [2.45, 2.75) is 52.5 Å². The Balaban J connectivity index is 1.63. The third-order valence-electron chi connectivity index (χ3n) is 5.96. The first-order valence-electron chi connectivity index (χ1n) is 11.2. The van der Waals surface area contributed by atoms with Gasteiger partial charge in [-0.25, -0.2) is 0 Å². The number of hydrogen-bond acceptors (Lipinski definition) is 4. The number of amides is 1. The third-order valence-corrected chi connectivity index (χ3v) is 5.96. The normalized spacial score (nSPS) is 14.2. The fourth-order valence-corrected chi connectivity index (χ4v) is 4.04. The number of carbonyl (C=O) groups is 1. The summed E-state index contributed by atoms with van der Waals surface area (Å²) >= 11 is 0. The lowest BCUT2D eigenvalue weighted by Gasteiger charge is -2.21. The molecule has 0 aromatic heterocycles. The second-order valence-corrected chi connectivity index (χ2v) is 7.96. The SMILES string of the molecule is CCN(CC)c1ccc(N/C=C(/C#N)C(=O)NC(C)c2ccc3c(c2)CCCC3)cc1. The van der Waals surface area contributed by atoms with Gasteiger partial charge < -0.3 is 15.5 Å². The Morgan fingerprint density at radius 2 is 1.77 bits per heavy atom. The molecule has 0 saturated carbocycles. The summed E-state index contributed by atoms with van der Waals surface area (Å²) in [4.78, 5) is 14.9. The van der Waals surface area contributed by atoms with Crippen molar-refractivity contribution < 1.29 is 4.79 Å². The number of anilines is 2. The zero-order valence-corrected chi connectivity index (χ0v) is 18.7. The highest BCUT2D eigenvalue weighted by Gasteiger charge is 2.16.